The van der Waals surface area contributed by atoms with Gasteiger partial charge in [-0.15, -0.1) is 0 Å². The lowest BCUT2D eigenvalue weighted by Crippen LogP contribution is -2.10. The number of nitro benzene ring substituents is 1. The van der Waals surface area contributed by atoms with E-state index in [1.165, 1.54) is 30.3 Å². The molecule has 3 aromatic rings. The van der Waals surface area contributed by atoms with Crippen LogP contribution in [0.5, 0.6) is 5.88 Å². The van der Waals surface area contributed by atoms with Crippen LogP contribution in [0.15, 0.2) is 65.2 Å². The average Bonchev–Trinajstić information content (AvgIpc) is 3.10. The summed E-state index contributed by atoms with van der Waals surface area (Å²) in [6.45, 7) is 0.302. The van der Waals surface area contributed by atoms with Gasteiger partial charge in [-0.1, -0.05) is 30.3 Å². The van der Waals surface area contributed by atoms with Crippen molar-refractivity contribution in [1.29, 1.82) is 0 Å². The van der Waals surface area contributed by atoms with Crippen molar-refractivity contribution in [3.8, 4) is 5.88 Å². The smallest absolute Gasteiger partial charge is 0.294 e. The molecule has 25 heavy (non-hydrogen) atoms. The minimum absolute atomic E-state index is 0.0265. The van der Waals surface area contributed by atoms with Gasteiger partial charge in [0.25, 0.3) is 17.5 Å². The van der Waals surface area contributed by atoms with E-state index in [9.17, 15) is 14.9 Å². The second kappa shape index (κ2) is 7.26. The van der Waals surface area contributed by atoms with E-state index in [0.29, 0.717) is 12.3 Å². The molecule has 0 fully saturated rings. The summed E-state index contributed by atoms with van der Waals surface area (Å²) in [6.07, 6.45) is 0. The molecule has 3 rings (SSSR count). The van der Waals surface area contributed by atoms with E-state index in [2.05, 4.69) is 10.5 Å². The molecule has 0 unspecified atom stereocenters. The third-order valence-electron chi connectivity index (χ3n) is 3.28. The van der Waals surface area contributed by atoms with Crippen molar-refractivity contribution in [2.24, 2.45) is 0 Å². The molecule has 8 nitrogen and oxygen atoms in total. The van der Waals surface area contributed by atoms with Crippen LogP contribution in [0.3, 0.4) is 0 Å². The average molecular weight is 339 g/mol. The number of ether oxygens (including phenoxy) is 1. The summed E-state index contributed by atoms with van der Waals surface area (Å²) in [5.74, 6) is -0.366. The molecular weight excluding hydrogens is 326 g/mol. The Morgan fingerprint density at radius 3 is 2.56 bits per heavy atom. The fourth-order valence-electron chi connectivity index (χ4n) is 2.02. The van der Waals surface area contributed by atoms with E-state index < -0.39 is 10.8 Å². The van der Waals surface area contributed by atoms with Crippen LogP contribution < -0.4 is 10.1 Å². The molecule has 8 heteroatoms. The maximum Gasteiger partial charge on any atom is 0.294 e. The number of hydrogen-bond acceptors (Lipinski definition) is 6. The van der Waals surface area contributed by atoms with Crippen LogP contribution in [0, 0.1) is 10.1 Å². The number of anilines is 1. The van der Waals surface area contributed by atoms with E-state index in [1.807, 2.05) is 30.3 Å². The highest BCUT2D eigenvalue weighted by Gasteiger charge is 2.15. The zero-order valence-corrected chi connectivity index (χ0v) is 12.9. The number of non-ortho nitro benzene ring substituents is 1. The van der Waals surface area contributed by atoms with Crippen LogP contribution in [0.25, 0.3) is 0 Å². The number of aromatic nitrogens is 1. The van der Waals surface area contributed by atoms with Crippen LogP contribution in [-0.4, -0.2) is 16.0 Å². The first kappa shape index (κ1) is 16.2. The Morgan fingerprint density at radius 1 is 1.16 bits per heavy atom. The van der Waals surface area contributed by atoms with Crippen molar-refractivity contribution in [2.75, 3.05) is 5.32 Å². The van der Waals surface area contributed by atoms with Gasteiger partial charge in [0.2, 0.25) is 5.76 Å². The number of nitro groups is 1. The number of hydrogen-bond donors (Lipinski definition) is 1. The van der Waals surface area contributed by atoms with Crippen molar-refractivity contribution in [3.05, 3.63) is 82.1 Å². The molecule has 1 amide bonds. The summed E-state index contributed by atoms with van der Waals surface area (Å²) in [5, 5.41) is 16.8. The van der Waals surface area contributed by atoms with Gasteiger partial charge in [0, 0.05) is 17.8 Å². The summed E-state index contributed by atoms with van der Waals surface area (Å²) < 4.78 is 10.4. The molecule has 0 atom stereocenters. The number of benzene rings is 2. The Kier molecular flexibility index (Phi) is 4.70. The maximum atomic E-state index is 12.1. The number of nitrogens with zero attached hydrogens (tertiary/aromatic N) is 2. The molecule has 0 aliphatic carbocycles. The molecule has 0 saturated heterocycles. The lowest BCUT2D eigenvalue weighted by Gasteiger charge is -2.02. The predicted octanol–water partition coefficient (Wildman–Crippen LogP) is 3.41. The normalized spacial score (nSPS) is 10.2. The molecule has 0 saturated carbocycles. The second-order valence-electron chi connectivity index (χ2n) is 5.06. The summed E-state index contributed by atoms with van der Waals surface area (Å²) >= 11 is 0. The highest BCUT2D eigenvalue weighted by Crippen LogP contribution is 2.18. The van der Waals surface area contributed by atoms with Crippen molar-refractivity contribution in [1.82, 2.24) is 5.16 Å². The van der Waals surface area contributed by atoms with Crippen molar-refractivity contribution in [2.45, 2.75) is 6.61 Å². The summed E-state index contributed by atoms with van der Waals surface area (Å²) in [6, 6.07) is 16.3. The van der Waals surface area contributed by atoms with Gasteiger partial charge in [-0.2, -0.15) is 0 Å². The van der Waals surface area contributed by atoms with Crippen molar-refractivity contribution in [3.63, 3.8) is 0 Å². The summed E-state index contributed by atoms with van der Waals surface area (Å²) in [7, 11) is 0. The Bertz CT molecular complexity index is 875. The molecule has 1 N–H and O–H groups in total. The zero-order chi connectivity index (χ0) is 17.6. The summed E-state index contributed by atoms with van der Waals surface area (Å²) in [5.41, 5.74) is 1.30. The Labute approximate surface area is 142 Å². The first-order valence-corrected chi connectivity index (χ1v) is 7.31. The minimum Gasteiger partial charge on any atom is -0.471 e. The fraction of sp³-hybridized carbons (Fsp3) is 0.0588. The first-order chi connectivity index (χ1) is 12.1. The number of rotatable bonds is 6. The molecule has 0 aliphatic rings. The molecular formula is C17H13N3O5. The predicted molar refractivity (Wildman–Crippen MR) is 88.3 cm³/mol. The van der Waals surface area contributed by atoms with Crippen molar-refractivity contribution >= 4 is 17.3 Å². The van der Waals surface area contributed by atoms with Gasteiger partial charge < -0.3 is 14.6 Å². The second-order valence-corrected chi connectivity index (χ2v) is 5.06. The van der Waals surface area contributed by atoms with Gasteiger partial charge in [0.1, 0.15) is 6.61 Å². The van der Waals surface area contributed by atoms with Crippen LogP contribution in [0.4, 0.5) is 11.4 Å². The monoisotopic (exact) mass is 339 g/mol. The largest absolute Gasteiger partial charge is 0.471 e. The Balaban J connectivity index is 1.59. The third kappa shape index (κ3) is 4.20. The Hall–Kier alpha value is -3.68. The van der Waals surface area contributed by atoms with Gasteiger partial charge in [0.05, 0.1) is 11.0 Å². The van der Waals surface area contributed by atoms with Gasteiger partial charge in [-0.3, -0.25) is 14.9 Å². The molecule has 2 aromatic carbocycles. The van der Waals surface area contributed by atoms with Crippen LogP contribution in [0.2, 0.25) is 0 Å². The quantitative estimate of drug-likeness (QED) is 0.544. The third-order valence-corrected chi connectivity index (χ3v) is 3.28. The standard InChI is InChI=1S/C17H13N3O5/c21-17(18-13-6-8-14(9-7-13)20(22)23)15-10-16(19-25-15)24-11-12-4-2-1-3-5-12/h1-10H,11H2,(H,18,21). The molecule has 1 heterocycles. The number of carbonyl (C=O) groups excluding carboxylic acids is 1. The first-order valence-electron chi connectivity index (χ1n) is 7.31. The number of amides is 1. The van der Waals surface area contributed by atoms with Crippen LogP contribution >= 0.6 is 0 Å². The SMILES string of the molecule is O=C(Nc1ccc([N+](=O)[O-])cc1)c1cc(OCc2ccccc2)no1. The van der Waals surface area contributed by atoms with Crippen LogP contribution in [-0.2, 0) is 6.61 Å². The van der Waals surface area contributed by atoms with Gasteiger partial charge in [0.15, 0.2) is 0 Å². The molecule has 0 aliphatic heterocycles. The maximum absolute atomic E-state index is 12.1. The molecule has 1 aromatic heterocycles. The van der Waals surface area contributed by atoms with E-state index in [4.69, 9.17) is 9.26 Å². The van der Waals surface area contributed by atoms with Crippen molar-refractivity contribution < 1.29 is 19.0 Å². The van der Waals surface area contributed by atoms with Gasteiger partial charge in [-0.05, 0) is 22.9 Å². The molecule has 0 radical (unpaired) electrons. The summed E-state index contributed by atoms with van der Waals surface area (Å²) in [4.78, 5) is 22.2. The lowest BCUT2D eigenvalue weighted by atomic mass is 10.2. The molecule has 0 bridgehead atoms. The van der Waals surface area contributed by atoms with E-state index in [1.54, 1.807) is 0 Å². The topological polar surface area (TPSA) is 108 Å². The van der Waals surface area contributed by atoms with E-state index in [0.717, 1.165) is 5.56 Å². The van der Waals surface area contributed by atoms with Crippen LogP contribution in [0.1, 0.15) is 16.1 Å². The van der Waals surface area contributed by atoms with Gasteiger partial charge >= 0.3 is 0 Å². The zero-order valence-electron chi connectivity index (χ0n) is 12.9. The molecule has 126 valence electrons. The highest BCUT2D eigenvalue weighted by molar-refractivity contribution is 6.02. The minimum atomic E-state index is -0.532. The number of nitrogens with one attached hydrogen (secondary N) is 1. The Morgan fingerprint density at radius 2 is 1.88 bits per heavy atom. The van der Waals surface area contributed by atoms with E-state index in [-0.39, 0.29) is 17.3 Å². The number of carbonyl (C=O) groups is 1. The highest BCUT2D eigenvalue weighted by atomic mass is 16.6. The van der Waals surface area contributed by atoms with E-state index >= 15 is 0 Å². The molecule has 0 spiro atoms. The lowest BCUT2D eigenvalue weighted by molar-refractivity contribution is -0.384. The fourth-order valence-corrected chi connectivity index (χ4v) is 2.02. The van der Waals surface area contributed by atoms with Gasteiger partial charge in [-0.25, -0.2) is 0 Å².